The maximum Gasteiger partial charge on any atom is 0.251 e. The molecule has 0 bridgehead atoms. The Hall–Kier alpha value is -2.62. The first-order chi connectivity index (χ1) is 11.0. The maximum atomic E-state index is 12.1. The zero-order chi connectivity index (χ0) is 16.2. The van der Waals surface area contributed by atoms with Crippen LogP contribution >= 0.6 is 0 Å². The Balaban J connectivity index is 1.91. The first-order valence-corrected chi connectivity index (χ1v) is 7.83. The summed E-state index contributed by atoms with van der Waals surface area (Å²) in [4.78, 5) is 19.9. The second kappa shape index (κ2) is 4.69. The Morgan fingerprint density at radius 3 is 2.78 bits per heavy atom. The van der Waals surface area contributed by atoms with Crippen molar-refractivity contribution in [3.63, 3.8) is 0 Å². The van der Waals surface area contributed by atoms with E-state index in [2.05, 4.69) is 41.3 Å². The molecule has 3 aromatic rings. The highest BCUT2D eigenvalue weighted by Gasteiger charge is 2.31. The molecule has 2 aromatic heterocycles. The van der Waals surface area contributed by atoms with Gasteiger partial charge in [0.05, 0.1) is 0 Å². The van der Waals surface area contributed by atoms with Crippen LogP contribution in [0.25, 0.3) is 22.2 Å². The van der Waals surface area contributed by atoms with E-state index in [-0.39, 0.29) is 11.3 Å². The molecule has 23 heavy (non-hydrogen) atoms. The number of carbonyl (C=O) groups is 1. The minimum absolute atomic E-state index is 0.0158. The number of rotatable bonds is 1. The van der Waals surface area contributed by atoms with Crippen molar-refractivity contribution in [1.82, 2.24) is 15.3 Å². The zero-order valence-corrected chi connectivity index (χ0v) is 13.5. The molecule has 1 aliphatic rings. The number of hydrogen-bond acceptors (Lipinski definition) is 2. The molecule has 0 spiro atoms. The molecule has 0 atom stereocenters. The van der Waals surface area contributed by atoms with Crippen LogP contribution in [0.15, 0.2) is 36.5 Å². The second-order valence-electron chi connectivity index (χ2n) is 6.88. The fraction of sp³-hybridized carbons (Fsp3) is 0.263. The molecule has 0 radical (unpaired) electrons. The van der Waals surface area contributed by atoms with E-state index < -0.39 is 0 Å². The summed E-state index contributed by atoms with van der Waals surface area (Å²) in [6.45, 7) is 6.97. The van der Waals surface area contributed by atoms with Crippen LogP contribution in [0, 0.1) is 6.92 Å². The van der Waals surface area contributed by atoms with E-state index >= 15 is 0 Å². The van der Waals surface area contributed by atoms with Crippen LogP contribution in [0.3, 0.4) is 0 Å². The van der Waals surface area contributed by atoms with Crippen LogP contribution in [0.5, 0.6) is 0 Å². The van der Waals surface area contributed by atoms with Crippen molar-refractivity contribution in [3.8, 4) is 11.1 Å². The lowest BCUT2D eigenvalue weighted by Crippen LogP contribution is -2.43. The van der Waals surface area contributed by atoms with Gasteiger partial charge in [-0.25, -0.2) is 4.98 Å². The Morgan fingerprint density at radius 2 is 1.96 bits per heavy atom. The van der Waals surface area contributed by atoms with Crippen molar-refractivity contribution in [3.05, 3.63) is 53.3 Å². The van der Waals surface area contributed by atoms with E-state index in [4.69, 9.17) is 0 Å². The number of benzene rings is 1. The Morgan fingerprint density at radius 1 is 1.13 bits per heavy atom. The van der Waals surface area contributed by atoms with Crippen LogP contribution in [-0.4, -0.2) is 22.4 Å². The molecule has 0 unspecified atom stereocenters. The third-order valence-corrected chi connectivity index (χ3v) is 4.67. The fourth-order valence-electron chi connectivity index (χ4n) is 3.30. The highest BCUT2D eigenvalue weighted by molar-refractivity contribution is 5.99. The summed E-state index contributed by atoms with van der Waals surface area (Å²) in [5, 5.41) is 4.07. The van der Waals surface area contributed by atoms with Gasteiger partial charge in [0.1, 0.15) is 5.65 Å². The number of aromatic amines is 1. The Labute approximate surface area is 134 Å². The number of aromatic nitrogens is 2. The van der Waals surface area contributed by atoms with Gasteiger partial charge in [0.2, 0.25) is 0 Å². The first kappa shape index (κ1) is 14.0. The normalized spacial score (nSPS) is 16.2. The SMILES string of the molecule is Cc1ccc2c(-c3ccc4c(c3)C(C)(C)CNC4=O)c[nH]c2n1. The summed E-state index contributed by atoms with van der Waals surface area (Å²) >= 11 is 0. The van der Waals surface area contributed by atoms with Crippen molar-refractivity contribution in [2.45, 2.75) is 26.2 Å². The number of nitrogens with zero attached hydrogens (tertiary/aromatic N) is 1. The molecule has 0 saturated carbocycles. The highest BCUT2D eigenvalue weighted by Crippen LogP contribution is 2.35. The van der Waals surface area contributed by atoms with Crippen LogP contribution < -0.4 is 5.32 Å². The molecule has 1 aromatic carbocycles. The predicted octanol–water partition coefficient (Wildman–Crippen LogP) is 3.56. The molecular weight excluding hydrogens is 286 g/mol. The molecule has 0 aliphatic carbocycles. The molecule has 2 N–H and O–H groups in total. The number of nitrogens with one attached hydrogen (secondary N) is 2. The number of pyridine rings is 1. The number of hydrogen-bond donors (Lipinski definition) is 2. The maximum absolute atomic E-state index is 12.1. The van der Waals surface area contributed by atoms with Gasteiger partial charge in [0.15, 0.2) is 0 Å². The molecule has 1 amide bonds. The molecule has 116 valence electrons. The molecule has 4 heteroatoms. The van der Waals surface area contributed by atoms with Crippen LogP contribution in [0.4, 0.5) is 0 Å². The Bertz CT molecular complexity index is 937. The topological polar surface area (TPSA) is 57.8 Å². The van der Waals surface area contributed by atoms with Crippen LogP contribution in [0.2, 0.25) is 0 Å². The Kier molecular flexibility index (Phi) is 2.85. The lowest BCUT2D eigenvalue weighted by atomic mass is 9.78. The van der Waals surface area contributed by atoms with E-state index in [1.54, 1.807) is 0 Å². The largest absolute Gasteiger partial charge is 0.351 e. The van der Waals surface area contributed by atoms with Crippen LogP contribution in [0.1, 0.15) is 35.5 Å². The van der Waals surface area contributed by atoms with E-state index in [9.17, 15) is 4.79 Å². The van der Waals surface area contributed by atoms with Gasteiger partial charge in [0, 0.05) is 40.4 Å². The van der Waals surface area contributed by atoms with Gasteiger partial charge in [0.25, 0.3) is 5.91 Å². The minimum atomic E-state index is -0.0692. The van der Waals surface area contributed by atoms with Gasteiger partial charge < -0.3 is 10.3 Å². The monoisotopic (exact) mass is 305 g/mol. The summed E-state index contributed by atoms with van der Waals surface area (Å²) in [5.41, 5.74) is 5.94. The number of amides is 1. The van der Waals surface area contributed by atoms with Gasteiger partial charge in [-0.3, -0.25) is 4.79 Å². The van der Waals surface area contributed by atoms with E-state index in [0.717, 1.165) is 39.0 Å². The lowest BCUT2D eigenvalue weighted by Gasteiger charge is -2.32. The van der Waals surface area contributed by atoms with Gasteiger partial charge in [-0.1, -0.05) is 19.9 Å². The van der Waals surface area contributed by atoms with Gasteiger partial charge >= 0.3 is 0 Å². The quantitative estimate of drug-likeness (QED) is 0.722. The zero-order valence-electron chi connectivity index (χ0n) is 13.5. The third kappa shape index (κ3) is 2.13. The number of H-pyrrole nitrogens is 1. The molecule has 4 nitrogen and oxygen atoms in total. The molecule has 0 saturated heterocycles. The summed E-state index contributed by atoms with van der Waals surface area (Å²) in [5.74, 6) is 0.0158. The van der Waals surface area contributed by atoms with Gasteiger partial charge in [-0.05, 0) is 42.3 Å². The summed E-state index contributed by atoms with van der Waals surface area (Å²) in [7, 11) is 0. The highest BCUT2D eigenvalue weighted by atomic mass is 16.1. The van der Waals surface area contributed by atoms with Crippen molar-refractivity contribution < 1.29 is 4.79 Å². The van der Waals surface area contributed by atoms with Crippen LogP contribution in [-0.2, 0) is 5.41 Å². The lowest BCUT2D eigenvalue weighted by molar-refractivity contribution is 0.0930. The molecule has 3 heterocycles. The van der Waals surface area contributed by atoms with Crippen molar-refractivity contribution in [2.75, 3.05) is 6.54 Å². The van der Waals surface area contributed by atoms with Crippen molar-refractivity contribution in [2.24, 2.45) is 0 Å². The molecular formula is C19H19N3O. The number of fused-ring (bicyclic) bond motifs is 2. The fourth-order valence-corrected chi connectivity index (χ4v) is 3.30. The second-order valence-corrected chi connectivity index (χ2v) is 6.88. The standard InChI is InChI=1S/C19H19N3O/c1-11-4-6-13-15(9-20-17(13)22-11)12-5-7-14-16(8-12)19(2,3)10-21-18(14)23/h4-9H,10H2,1-3H3,(H,20,22)(H,21,23). The molecule has 0 fully saturated rings. The van der Waals surface area contributed by atoms with Crippen molar-refractivity contribution >= 4 is 16.9 Å². The third-order valence-electron chi connectivity index (χ3n) is 4.67. The minimum Gasteiger partial charge on any atom is -0.351 e. The predicted molar refractivity (Wildman–Crippen MR) is 91.6 cm³/mol. The average molecular weight is 305 g/mol. The molecule has 4 rings (SSSR count). The summed E-state index contributed by atoms with van der Waals surface area (Å²) in [6.07, 6.45) is 1.99. The summed E-state index contributed by atoms with van der Waals surface area (Å²) in [6, 6.07) is 10.2. The molecule has 1 aliphatic heterocycles. The van der Waals surface area contributed by atoms with E-state index in [1.807, 2.05) is 31.3 Å². The number of aryl methyl sites for hydroxylation is 1. The van der Waals surface area contributed by atoms with Gasteiger partial charge in [-0.15, -0.1) is 0 Å². The number of carbonyl (C=O) groups excluding carboxylic acids is 1. The van der Waals surface area contributed by atoms with Gasteiger partial charge in [-0.2, -0.15) is 0 Å². The summed E-state index contributed by atoms with van der Waals surface area (Å²) < 4.78 is 0. The smallest absolute Gasteiger partial charge is 0.251 e. The van der Waals surface area contributed by atoms with E-state index in [1.165, 1.54) is 0 Å². The first-order valence-electron chi connectivity index (χ1n) is 7.83. The van der Waals surface area contributed by atoms with Crippen molar-refractivity contribution in [1.29, 1.82) is 0 Å². The van der Waals surface area contributed by atoms with E-state index in [0.29, 0.717) is 6.54 Å². The average Bonchev–Trinajstić information content (AvgIpc) is 2.94.